The van der Waals surface area contributed by atoms with Crippen LogP contribution >= 0.6 is 0 Å². The number of methoxy groups -OCH3 is 1. The van der Waals surface area contributed by atoms with Crippen LogP contribution in [0.1, 0.15) is 25.7 Å². The highest BCUT2D eigenvalue weighted by molar-refractivity contribution is 5.73. The highest BCUT2D eigenvalue weighted by Gasteiger charge is 2.38. The largest absolute Gasteiger partial charge is 0.490 e. The zero-order valence-corrected chi connectivity index (χ0v) is 13.1. The maximum Gasteiger partial charge on any atom is 0.490 e. The van der Waals surface area contributed by atoms with E-state index in [-0.39, 0.29) is 12.1 Å². The molecular weight excluding hydrogens is 347 g/mol. The molecule has 0 aromatic rings. The van der Waals surface area contributed by atoms with Crippen LogP contribution in [0.15, 0.2) is 0 Å². The molecule has 2 heterocycles. The van der Waals surface area contributed by atoms with Crippen molar-refractivity contribution in [2.24, 2.45) is 0 Å². The summed E-state index contributed by atoms with van der Waals surface area (Å²) in [5, 5.41) is 7.12. The maximum atomic E-state index is 10.6. The molecule has 0 aromatic carbocycles. The van der Waals surface area contributed by atoms with Crippen LogP contribution in [0.3, 0.4) is 0 Å². The Balaban J connectivity index is 0.000000277. The van der Waals surface area contributed by atoms with Gasteiger partial charge < -0.3 is 20.3 Å². The Kier molecular flexibility index (Phi) is 5.49. The van der Waals surface area contributed by atoms with Crippen molar-refractivity contribution in [3.63, 3.8) is 0 Å². The number of anilines is 1. The van der Waals surface area contributed by atoms with E-state index in [1.165, 1.54) is 20.0 Å². The molecule has 0 spiro atoms. The van der Waals surface area contributed by atoms with Crippen molar-refractivity contribution in [2.45, 2.75) is 38.0 Å². The minimum atomic E-state index is -5.08. The number of carboxylic acid groups (broad SMARTS) is 1. The Morgan fingerprint density at radius 3 is 2.40 bits per heavy atom. The third-order valence-corrected chi connectivity index (χ3v) is 3.33. The zero-order valence-electron chi connectivity index (χ0n) is 13.1. The Labute approximate surface area is 139 Å². The molecule has 9 nitrogen and oxygen atoms in total. The smallest absolute Gasteiger partial charge is 0.475 e. The molecule has 3 rings (SSSR count). The van der Waals surface area contributed by atoms with Gasteiger partial charge in [-0.2, -0.15) is 28.1 Å². The molecule has 25 heavy (non-hydrogen) atoms. The molecule has 0 atom stereocenters. The third kappa shape index (κ3) is 4.84. The van der Waals surface area contributed by atoms with Crippen molar-refractivity contribution in [3.05, 3.63) is 0 Å². The fraction of sp³-hybridized carbons (Fsp3) is 0.538. The van der Waals surface area contributed by atoms with Gasteiger partial charge in [0.15, 0.2) is 11.5 Å². The lowest BCUT2D eigenvalue weighted by Crippen LogP contribution is -2.21. The number of H-pyrrole nitrogens is 1. The number of nitrogen functional groups attached to an aromatic ring is 1. The van der Waals surface area contributed by atoms with Gasteiger partial charge in [0.2, 0.25) is 0 Å². The van der Waals surface area contributed by atoms with Gasteiger partial charge in [-0.25, -0.2) is 4.79 Å². The van der Waals surface area contributed by atoms with E-state index < -0.39 is 12.1 Å². The Hall–Kier alpha value is -2.79. The first kappa shape index (κ1) is 18.5. The van der Waals surface area contributed by atoms with Crippen molar-refractivity contribution in [3.8, 4) is 23.5 Å². The highest BCUT2D eigenvalue weighted by Crippen LogP contribution is 2.29. The first-order chi connectivity index (χ1) is 11.7. The van der Waals surface area contributed by atoms with E-state index in [1.54, 1.807) is 0 Å². The number of nitrogens with one attached hydrogen (secondary N) is 1. The molecule has 0 bridgehead atoms. The molecule has 12 heteroatoms. The molecule has 3 aliphatic rings. The van der Waals surface area contributed by atoms with E-state index in [4.69, 9.17) is 25.1 Å². The second-order valence-corrected chi connectivity index (χ2v) is 5.17. The summed E-state index contributed by atoms with van der Waals surface area (Å²) in [6.45, 7) is 0. The summed E-state index contributed by atoms with van der Waals surface area (Å²) in [4.78, 5) is 24.3. The third-order valence-electron chi connectivity index (χ3n) is 3.33. The standard InChI is InChI=1S/C11H15N5O2.C2HF3O2/c1-17-10-13-7-8(12)14-11(16-9(7)15-10)18-6-4-2-3-5-6;3-2(4,5)1(6)7/h6H,2-5H2,1H3,(H3,12,13,14,15,16);(H,6,7). The molecule has 138 valence electrons. The lowest BCUT2D eigenvalue weighted by atomic mass is 10.3. The van der Waals surface area contributed by atoms with Crippen LogP contribution in [0.2, 0.25) is 0 Å². The molecule has 1 aliphatic carbocycles. The number of alkyl halides is 3. The van der Waals surface area contributed by atoms with Gasteiger partial charge in [0.05, 0.1) is 7.11 Å². The van der Waals surface area contributed by atoms with Gasteiger partial charge in [0.25, 0.3) is 6.01 Å². The lowest BCUT2D eigenvalue weighted by molar-refractivity contribution is -0.192. The monoisotopic (exact) mass is 363 g/mol. The molecule has 4 N–H and O–H groups in total. The number of nitrogens with two attached hydrogens (primary N) is 1. The predicted molar refractivity (Wildman–Crippen MR) is 78.3 cm³/mol. The second-order valence-electron chi connectivity index (χ2n) is 5.17. The quantitative estimate of drug-likeness (QED) is 0.751. The number of carbonyl (C=O) groups is 1. The number of aliphatic carboxylic acids is 1. The Bertz CT molecular complexity index is 700. The zero-order chi connectivity index (χ0) is 18.6. The topological polar surface area (TPSA) is 136 Å². The van der Waals surface area contributed by atoms with Crippen molar-refractivity contribution < 1.29 is 32.5 Å². The minimum Gasteiger partial charge on any atom is -0.475 e. The average Bonchev–Trinajstić information content (AvgIpc) is 3.16. The molecule has 0 aromatic heterocycles. The molecule has 0 radical (unpaired) electrons. The number of imidazole rings is 1. The summed E-state index contributed by atoms with van der Waals surface area (Å²) in [7, 11) is 1.50. The van der Waals surface area contributed by atoms with Crippen LogP contribution in [0.25, 0.3) is 11.5 Å². The van der Waals surface area contributed by atoms with Crippen LogP contribution < -0.4 is 15.2 Å². The molecular formula is C13H16F3N5O4. The van der Waals surface area contributed by atoms with Gasteiger partial charge >= 0.3 is 18.2 Å². The second kappa shape index (κ2) is 7.40. The molecule has 0 saturated heterocycles. The summed E-state index contributed by atoms with van der Waals surface area (Å²) >= 11 is 0. The van der Waals surface area contributed by atoms with E-state index in [9.17, 15) is 13.2 Å². The van der Waals surface area contributed by atoms with Crippen LogP contribution in [-0.2, 0) is 4.79 Å². The Morgan fingerprint density at radius 2 is 1.88 bits per heavy atom. The fourth-order valence-corrected chi connectivity index (χ4v) is 2.18. The molecule has 1 fully saturated rings. The van der Waals surface area contributed by atoms with E-state index in [2.05, 4.69) is 19.9 Å². The van der Waals surface area contributed by atoms with Gasteiger partial charge in [-0.05, 0) is 25.7 Å². The maximum absolute atomic E-state index is 10.6. The molecule has 0 amide bonds. The number of ether oxygens (including phenoxy) is 2. The first-order valence-corrected chi connectivity index (χ1v) is 7.24. The first-order valence-electron chi connectivity index (χ1n) is 7.24. The van der Waals surface area contributed by atoms with Gasteiger partial charge in [-0.15, -0.1) is 0 Å². The number of halogens is 3. The Morgan fingerprint density at radius 1 is 1.28 bits per heavy atom. The van der Waals surface area contributed by atoms with Gasteiger partial charge in [0.1, 0.15) is 11.9 Å². The van der Waals surface area contributed by atoms with Crippen molar-refractivity contribution in [1.82, 2.24) is 19.9 Å². The van der Waals surface area contributed by atoms with Crippen LogP contribution in [-0.4, -0.2) is 50.4 Å². The predicted octanol–water partition coefficient (Wildman–Crippen LogP) is 1.85. The van der Waals surface area contributed by atoms with Crippen molar-refractivity contribution in [2.75, 3.05) is 12.8 Å². The SMILES string of the molecule is COc1nc2nc(OC3CCCC3)[nH]c(N)c-2n1.O=C(O)C(F)(F)F. The van der Waals surface area contributed by atoms with Crippen LogP contribution in [0.4, 0.5) is 19.0 Å². The van der Waals surface area contributed by atoms with Crippen molar-refractivity contribution >= 4 is 11.8 Å². The normalized spacial score (nSPS) is 14.9. The molecule has 1 saturated carbocycles. The number of rotatable bonds is 3. The number of aromatic nitrogens is 4. The van der Waals surface area contributed by atoms with Crippen LogP contribution in [0.5, 0.6) is 12.0 Å². The van der Waals surface area contributed by atoms with E-state index in [0.717, 1.165) is 12.8 Å². The van der Waals surface area contributed by atoms with Gasteiger partial charge in [-0.3, -0.25) is 4.98 Å². The molecule has 2 aliphatic heterocycles. The van der Waals surface area contributed by atoms with Crippen molar-refractivity contribution in [1.29, 1.82) is 0 Å². The number of fused-ring (bicyclic) bond motifs is 1. The average molecular weight is 363 g/mol. The fourth-order valence-electron chi connectivity index (χ4n) is 2.18. The van der Waals surface area contributed by atoms with E-state index in [1.807, 2.05) is 0 Å². The summed E-state index contributed by atoms with van der Waals surface area (Å²) in [6.07, 6.45) is -0.346. The molecule has 0 unspecified atom stereocenters. The summed E-state index contributed by atoms with van der Waals surface area (Å²) < 4.78 is 42.4. The van der Waals surface area contributed by atoms with E-state index in [0.29, 0.717) is 23.3 Å². The van der Waals surface area contributed by atoms with Gasteiger partial charge in [-0.1, -0.05) is 0 Å². The number of aromatic amines is 1. The number of nitrogens with zero attached hydrogens (tertiary/aromatic N) is 3. The summed E-state index contributed by atoms with van der Waals surface area (Å²) in [6, 6.07) is 0.657. The number of hydrogen-bond donors (Lipinski definition) is 3. The minimum absolute atomic E-state index is 0.218. The number of carboxylic acids is 1. The summed E-state index contributed by atoms with van der Waals surface area (Å²) in [5.74, 6) is -1.92. The lowest BCUT2D eigenvalue weighted by Gasteiger charge is -2.12. The van der Waals surface area contributed by atoms with E-state index >= 15 is 0 Å². The highest BCUT2D eigenvalue weighted by atomic mass is 19.4. The number of hydrogen-bond acceptors (Lipinski definition) is 7. The van der Waals surface area contributed by atoms with Gasteiger partial charge in [0, 0.05) is 0 Å². The van der Waals surface area contributed by atoms with Crippen LogP contribution in [0, 0.1) is 0 Å². The summed E-state index contributed by atoms with van der Waals surface area (Å²) in [5.41, 5.74) is 6.37.